The van der Waals surface area contributed by atoms with Gasteiger partial charge in [0.05, 0.1) is 0 Å². The molecular formula is C13H17FN2O3S. The zero-order chi connectivity index (χ0) is 15.0. The molecule has 0 saturated heterocycles. The van der Waals surface area contributed by atoms with Crippen molar-refractivity contribution in [2.45, 2.75) is 19.0 Å². The number of urea groups is 1. The molecule has 1 aromatic rings. The van der Waals surface area contributed by atoms with Gasteiger partial charge in [0.25, 0.3) is 0 Å². The van der Waals surface area contributed by atoms with E-state index in [2.05, 4.69) is 10.6 Å². The summed E-state index contributed by atoms with van der Waals surface area (Å²) in [7, 11) is 0. The maximum atomic E-state index is 13.3. The van der Waals surface area contributed by atoms with E-state index in [0.29, 0.717) is 17.7 Å². The molecule has 1 unspecified atom stereocenters. The van der Waals surface area contributed by atoms with Gasteiger partial charge in [0.15, 0.2) is 0 Å². The lowest BCUT2D eigenvalue weighted by Gasteiger charge is -2.14. The minimum absolute atomic E-state index is 0.00731. The minimum atomic E-state index is -1.08. The molecule has 0 aliphatic carbocycles. The summed E-state index contributed by atoms with van der Waals surface area (Å²) in [6.07, 6.45) is 2.20. The van der Waals surface area contributed by atoms with Crippen molar-refractivity contribution in [3.05, 3.63) is 35.6 Å². The fourth-order valence-electron chi connectivity index (χ4n) is 1.52. The molecule has 20 heavy (non-hydrogen) atoms. The molecule has 110 valence electrons. The molecule has 0 aliphatic heterocycles. The molecule has 0 aliphatic rings. The number of benzene rings is 1. The third kappa shape index (κ3) is 5.48. The second kappa shape index (κ2) is 8.42. The first kappa shape index (κ1) is 16.3. The molecule has 1 aromatic carbocycles. The topological polar surface area (TPSA) is 78.4 Å². The Morgan fingerprint density at radius 1 is 1.40 bits per heavy atom. The molecule has 1 atom stereocenters. The molecule has 0 aromatic heterocycles. The van der Waals surface area contributed by atoms with E-state index in [9.17, 15) is 14.0 Å². The fraction of sp³-hybridized carbons (Fsp3) is 0.385. The zero-order valence-corrected chi connectivity index (χ0v) is 11.9. The number of halogens is 1. The molecule has 2 amide bonds. The van der Waals surface area contributed by atoms with E-state index in [1.54, 1.807) is 18.2 Å². The summed E-state index contributed by atoms with van der Waals surface area (Å²) < 4.78 is 13.3. The normalized spacial score (nSPS) is 11.7. The Morgan fingerprint density at radius 3 is 2.70 bits per heavy atom. The number of aliphatic carboxylic acids is 1. The van der Waals surface area contributed by atoms with Gasteiger partial charge in [-0.05, 0) is 24.5 Å². The Balaban J connectivity index is 2.46. The van der Waals surface area contributed by atoms with Crippen LogP contribution in [0.4, 0.5) is 9.18 Å². The van der Waals surface area contributed by atoms with E-state index < -0.39 is 23.9 Å². The average Bonchev–Trinajstić information content (AvgIpc) is 2.42. The van der Waals surface area contributed by atoms with Crippen molar-refractivity contribution in [1.29, 1.82) is 0 Å². The van der Waals surface area contributed by atoms with Crippen molar-refractivity contribution in [3.8, 4) is 0 Å². The van der Waals surface area contributed by atoms with Crippen LogP contribution in [0, 0.1) is 5.82 Å². The Kier molecular flexibility index (Phi) is 6.86. The lowest BCUT2D eigenvalue weighted by Crippen LogP contribution is -2.46. The van der Waals surface area contributed by atoms with E-state index in [4.69, 9.17) is 5.11 Å². The van der Waals surface area contributed by atoms with Crippen LogP contribution >= 0.6 is 11.8 Å². The first-order chi connectivity index (χ1) is 9.54. The highest BCUT2D eigenvalue weighted by Crippen LogP contribution is 2.05. The number of hydrogen-bond donors (Lipinski definition) is 3. The third-order valence-corrected chi connectivity index (χ3v) is 3.26. The highest BCUT2D eigenvalue weighted by atomic mass is 32.2. The van der Waals surface area contributed by atoms with Crippen LogP contribution < -0.4 is 10.6 Å². The van der Waals surface area contributed by atoms with Crippen molar-refractivity contribution < 1.29 is 19.1 Å². The SMILES string of the molecule is CSCCC(NC(=O)NCc1ccccc1F)C(=O)O. The molecule has 0 spiro atoms. The summed E-state index contributed by atoms with van der Waals surface area (Å²) in [6.45, 7) is 0.00731. The first-order valence-electron chi connectivity index (χ1n) is 6.04. The average molecular weight is 300 g/mol. The van der Waals surface area contributed by atoms with Crippen LogP contribution in [0.1, 0.15) is 12.0 Å². The molecule has 7 heteroatoms. The van der Waals surface area contributed by atoms with Gasteiger partial charge in [0, 0.05) is 12.1 Å². The van der Waals surface area contributed by atoms with Gasteiger partial charge in [-0.3, -0.25) is 0 Å². The maximum absolute atomic E-state index is 13.3. The smallest absolute Gasteiger partial charge is 0.326 e. The predicted octanol–water partition coefficient (Wildman–Crippen LogP) is 1.83. The first-order valence-corrected chi connectivity index (χ1v) is 7.43. The van der Waals surface area contributed by atoms with Gasteiger partial charge < -0.3 is 15.7 Å². The second-order valence-corrected chi connectivity index (χ2v) is 5.08. The van der Waals surface area contributed by atoms with E-state index in [1.807, 2.05) is 6.26 Å². The molecule has 0 fully saturated rings. The zero-order valence-electron chi connectivity index (χ0n) is 11.1. The highest BCUT2D eigenvalue weighted by molar-refractivity contribution is 7.98. The van der Waals surface area contributed by atoms with Gasteiger partial charge in [-0.15, -0.1) is 0 Å². The standard InChI is InChI=1S/C13H17FN2O3S/c1-20-7-6-11(12(17)18)16-13(19)15-8-9-4-2-3-5-10(9)14/h2-5,11H,6-8H2,1H3,(H,17,18)(H2,15,16,19). The number of rotatable bonds is 7. The molecular weight excluding hydrogens is 283 g/mol. The number of carbonyl (C=O) groups is 2. The lowest BCUT2D eigenvalue weighted by molar-refractivity contribution is -0.139. The number of nitrogens with one attached hydrogen (secondary N) is 2. The van der Waals surface area contributed by atoms with Crippen LogP contribution in [0.3, 0.4) is 0 Å². The van der Waals surface area contributed by atoms with Gasteiger partial charge in [0.1, 0.15) is 11.9 Å². The molecule has 0 saturated carbocycles. The van der Waals surface area contributed by atoms with E-state index in [1.165, 1.54) is 17.8 Å². The van der Waals surface area contributed by atoms with Crippen LogP contribution in [0.2, 0.25) is 0 Å². The molecule has 0 bridgehead atoms. The van der Waals surface area contributed by atoms with Crippen molar-refractivity contribution in [2.24, 2.45) is 0 Å². The lowest BCUT2D eigenvalue weighted by atomic mass is 10.2. The molecule has 0 radical (unpaired) electrons. The molecule has 3 N–H and O–H groups in total. The van der Waals surface area contributed by atoms with Crippen LogP contribution in [-0.4, -0.2) is 35.2 Å². The minimum Gasteiger partial charge on any atom is -0.480 e. The van der Waals surface area contributed by atoms with Gasteiger partial charge in [-0.25, -0.2) is 14.0 Å². The summed E-state index contributed by atoms with van der Waals surface area (Å²) in [5.74, 6) is -0.866. The number of hydrogen-bond acceptors (Lipinski definition) is 3. The maximum Gasteiger partial charge on any atom is 0.326 e. The van der Waals surface area contributed by atoms with Gasteiger partial charge in [0.2, 0.25) is 0 Å². The summed E-state index contributed by atoms with van der Waals surface area (Å²) in [5, 5.41) is 13.8. The molecule has 1 rings (SSSR count). The summed E-state index contributed by atoms with van der Waals surface area (Å²) in [5.41, 5.74) is 0.346. The number of thioether (sulfide) groups is 1. The van der Waals surface area contributed by atoms with E-state index in [-0.39, 0.29) is 6.54 Å². The Bertz CT molecular complexity index is 471. The van der Waals surface area contributed by atoms with Crippen LogP contribution in [0.25, 0.3) is 0 Å². The third-order valence-electron chi connectivity index (χ3n) is 2.61. The van der Waals surface area contributed by atoms with Gasteiger partial charge in [-0.2, -0.15) is 11.8 Å². The van der Waals surface area contributed by atoms with Gasteiger partial charge >= 0.3 is 12.0 Å². The largest absolute Gasteiger partial charge is 0.480 e. The summed E-state index contributed by atoms with van der Waals surface area (Å²) in [4.78, 5) is 22.5. The van der Waals surface area contributed by atoms with Crippen LogP contribution in [-0.2, 0) is 11.3 Å². The summed E-state index contributed by atoms with van der Waals surface area (Å²) >= 11 is 1.50. The summed E-state index contributed by atoms with van der Waals surface area (Å²) in [6, 6.07) is 4.51. The number of carbonyl (C=O) groups excluding carboxylic acids is 1. The van der Waals surface area contributed by atoms with Crippen molar-refractivity contribution in [2.75, 3.05) is 12.0 Å². The fourth-order valence-corrected chi connectivity index (χ4v) is 1.99. The van der Waals surface area contributed by atoms with Gasteiger partial charge in [-0.1, -0.05) is 18.2 Å². The van der Waals surface area contributed by atoms with Crippen molar-refractivity contribution in [1.82, 2.24) is 10.6 Å². The van der Waals surface area contributed by atoms with E-state index >= 15 is 0 Å². The molecule has 5 nitrogen and oxygen atoms in total. The Hall–Kier alpha value is -1.76. The predicted molar refractivity (Wildman–Crippen MR) is 76.2 cm³/mol. The molecule has 0 heterocycles. The second-order valence-electron chi connectivity index (χ2n) is 4.09. The van der Waals surface area contributed by atoms with Crippen molar-refractivity contribution in [3.63, 3.8) is 0 Å². The van der Waals surface area contributed by atoms with Crippen LogP contribution in [0.5, 0.6) is 0 Å². The monoisotopic (exact) mass is 300 g/mol. The Morgan fingerprint density at radius 2 is 2.10 bits per heavy atom. The quantitative estimate of drug-likeness (QED) is 0.718. The highest BCUT2D eigenvalue weighted by Gasteiger charge is 2.19. The number of carboxylic acids is 1. The number of carboxylic acid groups (broad SMARTS) is 1. The van der Waals surface area contributed by atoms with Crippen LogP contribution in [0.15, 0.2) is 24.3 Å². The van der Waals surface area contributed by atoms with Crippen molar-refractivity contribution >= 4 is 23.8 Å². The Labute approximate surface area is 120 Å². The van der Waals surface area contributed by atoms with E-state index in [0.717, 1.165) is 0 Å². The number of amides is 2.